The van der Waals surface area contributed by atoms with Gasteiger partial charge >= 0.3 is 6.03 Å². The minimum Gasteiger partial charge on any atom is -0.504 e. The van der Waals surface area contributed by atoms with E-state index in [-0.39, 0.29) is 16.3 Å². The molecule has 9 heteroatoms. The van der Waals surface area contributed by atoms with E-state index in [1.165, 1.54) is 12.1 Å². The molecule has 0 aliphatic rings. The van der Waals surface area contributed by atoms with Gasteiger partial charge in [-0.05, 0) is 12.1 Å². The van der Waals surface area contributed by atoms with Gasteiger partial charge in [-0.15, -0.1) is 0 Å². The van der Waals surface area contributed by atoms with E-state index in [1.807, 2.05) is 5.32 Å². The molecular weight excluding hydrogens is 326 g/mol. The third kappa shape index (κ3) is 3.95. The van der Waals surface area contributed by atoms with Crippen LogP contribution in [-0.2, 0) is 0 Å². The minimum absolute atomic E-state index is 0.254. The largest absolute Gasteiger partial charge is 0.504 e. The first-order valence-corrected chi connectivity index (χ1v) is 6.60. The van der Waals surface area contributed by atoms with Gasteiger partial charge in [-0.25, -0.2) is 4.79 Å². The third-order valence-corrected chi connectivity index (χ3v) is 3.06. The zero-order valence-electron chi connectivity index (χ0n) is 11.4. The number of hydrogen-bond donors (Lipinski definition) is 3. The van der Waals surface area contributed by atoms with Gasteiger partial charge in [0, 0.05) is 17.7 Å². The van der Waals surface area contributed by atoms with Gasteiger partial charge in [-0.3, -0.25) is 20.2 Å². The fourth-order valence-electron chi connectivity index (χ4n) is 1.70. The van der Waals surface area contributed by atoms with Gasteiger partial charge in [0.05, 0.1) is 15.6 Å². The Hall–Kier alpha value is -3.13. The molecule has 8 nitrogen and oxygen atoms in total. The van der Waals surface area contributed by atoms with E-state index in [9.17, 15) is 24.8 Å². The van der Waals surface area contributed by atoms with Gasteiger partial charge < -0.3 is 10.4 Å². The summed E-state index contributed by atoms with van der Waals surface area (Å²) in [6.45, 7) is 0. The van der Waals surface area contributed by atoms with Crippen molar-refractivity contribution in [1.82, 2.24) is 5.32 Å². The Kier molecular flexibility index (Phi) is 4.77. The molecule has 3 N–H and O–H groups in total. The first-order valence-electron chi connectivity index (χ1n) is 6.22. The first-order chi connectivity index (χ1) is 10.9. The quantitative estimate of drug-likeness (QED) is 0.452. The molecular formula is C14H10ClN3O5. The third-order valence-electron chi connectivity index (χ3n) is 2.77. The van der Waals surface area contributed by atoms with Crippen LogP contribution in [0, 0.1) is 10.1 Å². The number of benzene rings is 2. The highest BCUT2D eigenvalue weighted by Gasteiger charge is 2.18. The van der Waals surface area contributed by atoms with E-state index in [1.54, 1.807) is 18.2 Å². The molecule has 0 aliphatic heterocycles. The Morgan fingerprint density at radius 1 is 1.17 bits per heavy atom. The molecule has 0 unspecified atom stereocenters. The highest BCUT2D eigenvalue weighted by Crippen LogP contribution is 2.35. The molecule has 2 aromatic carbocycles. The van der Waals surface area contributed by atoms with Crippen molar-refractivity contribution in [2.45, 2.75) is 0 Å². The second-order valence-electron chi connectivity index (χ2n) is 4.36. The molecule has 0 saturated carbocycles. The normalized spacial score (nSPS) is 9.96. The van der Waals surface area contributed by atoms with E-state index < -0.39 is 28.3 Å². The summed E-state index contributed by atoms with van der Waals surface area (Å²) in [6, 6.07) is 8.86. The number of imide groups is 1. The number of anilines is 1. The maximum absolute atomic E-state index is 11.8. The van der Waals surface area contributed by atoms with Crippen LogP contribution in [0.25, 0.3) is 0 Å². The summed E-state index contributed by atoms with van der Waals surface area (Å²) in [6.07, 6.45) is 0. The smallest absolute Gasteiger partial charge is 0.326 e. The van der Waals surface area contributed by atoms with E-state index in [0.717, 1.165) is 12.1 Å². The van der Waals surface area contributed by atoms with Crippen molar-refractivity contribution >= 4 is 34.9 Å². The Morgan fingerprint density at radius 3 is 2.43 bits per heavy atom. The lowest BCUT2D eigenvalue weighted by Gasteiger charge is -2.09. The molecule has 0 radical (unpaired) electrons. The van der Waals surface area contributed by atoms with E-state index >= 15 is 0 Å². The summed E-state index contributed by atoms with van der Waals surface area (Å²) in [5.41, 5.74) is -0.455. The maximum Gasteiger partial charge on any atom is 0.326 e. The van der Waals surface area contributed by atoms with Gasteiger partial charge in [-0.1, -0.05) is 29.8 Å². The van der Waals surface area contributed by atoms with Gasteiger partial charge in [0.1, 0.15) is 0 Å². The van der Waals surface area contributed by atoms with E-state index in [0.29, 0.717) is 0 Å². The number of phenolic OH excluding ortho intramolecular Hbond substituents is 1. The molecule has 118 valence electrons. The number of amides is 3. The number of nitrogens with zero attached hydrogens (tertiary/aromatic N) is 1. The second-order valence-corrected chi connectivity index (χ2v) is 4.76. The Bertz CT molecular complexity index is 779. The number of nitro groups is 1. The summed E-state index contributed by atoms with van der Waals surface area (Å²) in [4.78, 5) is 33.6. The summed E-state index contributed by atoms with van der Waals surface area (Å²) in [5.74, 6) is -1.21. The molecule has 0 aliphatic carbocycles. The number of hydrogen-bond acceptors (Lipinski definition) is 5. The second kappa shape index (κ2) is 6.75. The SMILES string of the molecule is O=C(NC(=O)c1ccccc1)Nc1cc([N+](=O)[O-])cc(Cl)c1O. The van der Waals surface area contributed by atoms with E-state index in [2.05, 4.69) is 5.32 Å². The molecule has 0 heterocycles. The molecule has 0 aromatic heterocycles. The van der Waals surface area contributed by atoms with Gasteiger partial charge in [0.2, 0.25) is 0 Å². The average molecular weight is 336 g/mol. The molecule has 2 aromatic rings. The number of halogens is 1. The van der Waals surface area contributed by atoms with Crippen LogP contribution >= 0.6 is 11.6 Å². The average Bonchev–Trinajstić information content (AvgIpc) is 2.52. The topological polar surface area (TPSA) is 122 Å². The predicted molar refractivity (Wildman–Crippen MR) is 82.7 cm³/mol. The van der Waals surface area contributed by atoms with Crippen molar-refractivity contribution in [3.8, 4) is 5.75 Å². The number of rotatable bonds is 3. The number of aromatic hydroxyl groups is 1. The van der Waals surface area contributed by atoms with Crippen molar-refractivity contribution in [1.29, 1.82) is 0 Å². The van der Waals surface area contributed by atoms with Crippen molar-refractivity contribution in [2.24, 2.45) is 0 Å². The first kappa shape index (κ1) is 16.2. The summed E-state index contributed by atoms with van der Waals surface area (Å²) >= 11 is 5.66. The van der Waals surface area contributed by atoms with E-state index in [4.69, 9.17) is 11.6 Å². The number of urea groups is 1. The molecule has 2 rings (SSSR count). The number of carbonyl (C=O) groups is 2. The predicted octanol–water partition coefficient (Wildman–Crippen LogP) is 2.92. The molecule has 0 atom stereocenters. The van der Waals surface area contributed by atoms with Crippen molar-refractivity contribution in [3.63, 3.8) is 0 Å². The van der Waals surface area contributed by atoms with Crippen LogP contribution in [0.2, 0.25) is 5.02 Å². The lowest BCUT2D eigenvalue weighted by molar-refractivity contribution is -0.384. The number of non-ortho nitro benzene ring substituents is 1. The van der Waals surface area contributed by atoms with Crippen LogP contribution in [0.15, 0.2) is 42.5 Å². The van der Waals surface area contributed by atoms with Gasteiger partial charge in [0.25, 0.3) is 11.6 Å². The van der Waals surface area contributed by atoms with Crippen LogP contribution < -0.4 is 10.6 Å². The van der Waals surface area contributed by atoms with Gasteiger partial charge in [-0.2, -0.15) is 0 Å². The number of phenols is 1. The molecule has 0 saturated heterocycles. The lowest BCUT2D eigenvalue weighted by atomic mass is 10.2. The number of nitro benzene ring substituents is 1. The monoisotopic (exact) mass is 335 g/mol. The van der Waals surface area contributed by atoms with Crippen LogP contribution in [0.1, 0.15) is 10.4 Å². The molecule has 0 fully saturated rings. The molecule has 0 spiro atoms. The van der Waals surface area contributed by atoms with Crippen LogP contribution in [0.4, 0.5) is 16.2 Å². The fourth-order valence-corrected chi connectivity index (χ4v) is 1.92. The van der Waals surface area contributed by atoms with Crippen LogP contribution in [0.5, 0.6) is 5.75 Å². The summed E-state index contributed by atoms with van der Waals surface area (Å²) in [5, 5.41) is 24.3. The molecule has 3 amide bonds. The fraction of sp³-hybridized carbons (Fsp3) is 0. The standard InChI is InChI=1S/C14H10ClN3O5/c15-10-6-9(18(22)23)7-11(12(10)19)16-14(21)17-13(20)8-4-2-1-3-5-8/h1-7,19H,(H2,16,17,20,21). The minimum atomic E-state index is -0.967. The molecule has 23 heavy (non-hydrogen) atoms. The zero-order chi connectivity index (χ0) is 17.0. The van der Waals surface area contributed by atoms with Crippen LogP contribution in [0.3, 0.4) is 0 Å². The highest BCUT2D eigenvalue weighted by atomic mass is 35.5. The van der Waals surface area contributed by atoms with Gasteiger partial charge in [0.15, 0.2) is 5.75 Å². The Balaban J connectivity index is 2.14. The van der Waals surface area contributed by atoms with Crippen LogP contribution in [-0.4, -0.2) is 22.0 Å². The Morgan fingerprint density at radius 2 is 1.83 bits per heavy atom. The van der Waals surface area contributed by atoms with Crippen molar-refractivity contribution in [2.75, 3.05) is 5.32 Å². The summed E-state index contributed by atoms with van der Waals surface area (Å²) < 4.78 is 0. The molecule has 0 bridgehead atoms. The number of nitrogens with one attached hydrogen (secondary N) is 2. The summed E-state index contributed by atoms with van der Waals surface area (Å²) in [7, 11) is 0. The Labute approximate surface area is 134 Å². The zero-order valence-corrected chi connectivity index (χ0v) is 12.2. The van der Waals surface area contributed by atoms with Crippen molar-refractivity contribution < 1.29 is 19.6 Å². The highest BCUT2D eigenvalue weighted by molar-refractivity contribution is 6.32. The maximum atomic E-state index is 11.8. The van der Waals surface area contributed by atoms with Crippen molar-refractivity contribution in [3.05, 3.63) is 63.2 Å². The number of carbonyl (C=O) groups excluding carboxylic acids is 2. The lowest BCUT2D eigenvalue weighted by Crippen LogP contribution is -2.34.